The molecule has 1 aromatic carbocycles. The van der Waals surface area contributed by atoms with Crippen LogP contribution in [0.25, 0.3) is 5.65 Å². The molecule has 0 radical (unpaired) electrons. The van der Waals surface area contributed by atoms with Gasteiger partial charge in [0.25, 0.3) is 5.91 Å². The summed E-state index contributed by atoms with van der Waals surface area (Å²) >= 11 is 0. The molecule has 1 aliphatic rings. The van der Waals surface area contributed by atoms with E-state index in [0.717, 1.165) is 12.8 Å². The Balaban J connectivity index is 1.41. The van der Waals surface area contributed by atoms with E-state index in [2.05, 4.69) is 15.4 Å². The van der Waals surface area contributed by atoms with Crippen molar-refractivity contribution >= 4 is 33.2 Å². The van der Waals surface area contributed by atoms with Crippen LogP contribution >= 0.6 is 0 Å². The number of sulfonamides is 1. The number of carbonyl (C=O) groups is 2. The number of nitrogens with zero attached hydrogens (tertiary/aromatic N) is 4. The van der Waals surface area contributed by atoms with Crippen molar-refractivity contribution in [2.24, 2.45) is 0 Å². The maximum atomic E-state index is 12.7. The molecule has 1 N–H and O–H groups in total. The SMILES string of the molecule is Cc1nn2cccnc2c1C(=O)OCC(=O)Nc1cccc(S(=O)(=O)N2CCCC2)c1. The molecule has 31 heavy (non-hydrogen) atoms. The summed E-state index contributed by atoms with van der Waals surface area (Å²) in [4.78, 5) is 28.9. The van der Waals surface area contributed by atoms with Crippen LogP contribution in [0.4, 0.5) is 5.69 Å². The van der Waals surface area contributed by atoms with Crippen LogP contribution in [0.3, 0.4) is 0 Å². The van der Waals surface area contributed by atoms with E-state index in [1.165, 1.54) is 27.2 Å². The van der Waals surface area contributed by atoms with Crippen LogP contribution in [-0.2, 0) is 19.6 Å². The van der Waals surface area contributed by atoms with E-state index in [0.29, 0.717) is 30.1 Å². The fourth-order valence-corrected chi connectivity index (χ4v) is 5.01. The van der Waals surface area contributed by atoms with Crippen LogP contribution < -0.4 is 5.32 Å². The lowest BCUT2D eigenvalue weighted by Crippen LogP contribution is -2.28. The number of esters is 1. The quantitative estimate of drug-likeness (QED) is 0.574. The predicted molar refractivity (Wildman–Crippen MR) is 111 cm³/mol. The van der Waals surface area contributed by atoms with Gasteiger partial charge in [0.1, 0.15) is 5.56 Å². The minimum atomic E-state index is -3.60. The van der Waals surface area contributed by atoms with Crippen LogP contribution in [-0.4, -0.2) is 58.9 Å². The fraction of sp³-hybridized carbons (Fsp3) is 0.300. The molecule has 0 atom stereocenters. The monoisotopic (exact) mass is 443 g/mol. The summed E-state index contributed by atoms with van der Waals surface area (Å²) in [5, 5.41) is 6.75. The van der Waals surface area contributed by atoms with E-state index in [1.54, 1.807) is 31.3 Å². The van der Waals surface area contributed by atoms with Crippen molar-refractivity contribution in [2.45, 2.75) is 24.7 Å². The molecule has 1 amide bonds. The van der Waals surface area contributed by atoms with E-state index >= 15 is 0 Å². The highest BCUT2D eigenvalue weighted by molar-refractivity contribution is 7.89. The van der Waals surface area contributed by atoms with Gasteiger partial charge in [-0.25, -0.2) is 22.7 Å². The van der Waals surface area contributed by atoms with Crippen molar-refractivity contribution < 1.29 is 22.7 Å². The number of hydrogen-bond donors (Lipinski definition) is 1. The first-order valence-electron chi connectivity index (χ1n) is 9.73. The molecular formula is C20H21N5O5S. The van der Waals surface area contributed by atoms with Crippen molar-refractivity contribution in [1.82, 2.24) is 18.9 Å². The molecule has 2 aromatic heterocycles. The Morgan fingerprint density at radius 2 is 1.97 bits per heavy atom. The minimum absolute atomic E-state index is 0.109. The van der Waals surface area contributed by atoms with E-state index < -0.39 is 28.5 Å². The zero-order valence-electron chi connectivity index (χ0n) is 16.8. The Kier molecular flexibility index (Phi) is 5.70. The Morgan fingerprint density at radius 1 is 1.19 bits per heavy atom. The lowest BCUT2D eigenvalue weighted by atomic mass is 10.2. The molecule has 0 unspecified atom stereocenters. The molecule has 1 fully saturated rings. The second kappa shape index (κ2) is 8.44. The second-order valence-corrected chi connectivity index (χ2v) is 9.05. The van der Waals surface area contributed by atoms with Gasteiger partial charge in [-0.15, -0.1) is 0 Å². The van der Waals surface area contributed by atoms with E-state index in [-0.39, 0.29) is 10.5 Å². The third kappa shape index (κ3) is 4.28. The Labute approximate surface area is 178 Å². The predicted octanol–water partition coefficient (Wildman–Crippen LogP) is 1.62. The third-order valence-electron chi connectivity index (χ3n) is 4.93. The largest absolute Gasteiger partial charge is 0.452 e. The summed E-state index contributed by atoms with van der Waals surface area (Å²) in [6.45, 7) is 2.10. The fourth-order valence-electron chi connectivity index (χ4n) is 3.45. The number of carbonyl (C=O) groups excluding carboxylic acids is 2. The normalized spacial score (nSPS) is 14.6. The van der Waals surface area contributed by atoms with E-state index in [1.807, 2.05) is 0 Å². The van der Waals surface area contributed by atoms with Crippen molar-refractivity contribution in [1.29, 1.82) is 0 Å². The van der Waals surface area contributed by atoms with Crippen LogP contribution in [0.1, 0.15) is 28.9 Å². The highest BCUT2D eigenvalue weighted by Gasteiger charge is 2.27. The van der Waals surface area contributed by atoms with Crippen molar-refractivity contribution in [3.63, 3.8) is 0 Å². The van der Waals surface area contributed by atoms with Gasteiger partial charge in [-0.05, 0) is 44.0 Å². The molecule has 0 aliphatic carbocycles. The number of hydrogen-bond acceptors (Lipinski definition) is 7. The van der Waals surface area contributed by atoms with Gasteiger partial charge in [0, 0.05) is 31.2 Å². The van der Waals surface area contributed by atoms with Crippen molar-refractivity contribution in [3.05, 3.63) is 54.0 Å². The number of benzene rings is 1. The summed E-state index contributed by atoms with van der Waals surface area (Å²) in [6, 6.07) is 7.69. The standard InChI is InChI=1S/C20H21N5O5S/c1-14-18(19-21-8-5-11-25(19)23-14)20(27)30-13-17(26)22-15-6-4-7-16(12-15)31(28,29)24-9-2-3-10-24/h4-8,11-12H,2-3,9-10,13H2,1H3,(H,22,26). The summed E-state index contributed by atoms with van der Waals surface area (Å²) < 4.78 is 33.4. The van der Waals surface area contributed by atoms with Crippen LogP contribution in [0, 0.1) is 6.92 Å². The lowest BCUT2D eigenvalue weighted by Gasteiger charge is -2.16. The summed E-state index contributed by atoms with van der Waals surface area (Å²) in [5.41, 5.74) is 1.26. The lowest BCUT2D eigenvalue weighted by molar-refractivity contribution is -0.119. The molecule has 162 valence electrons. The highest BCUT2D eigenvalue weighted by atomic mass is 32.2. The Morgan fingerprint density at radius 3 is 2.74 bits per heavy atom. The first-order valence-corrected chi connectivity index (χ1v) is 11.2. The average molecular weight is 443 g/mol. The zero-order valence-corrected chi connectivity index (χ0v) is 17.6. The van der Waals surface area contributed by atoms with Gasteiger partial charge in [0.15, 0.2) is 12.3 Å². The molecule has 3 aromatic rings. The van der Waals surface area contributed by atoms with Gasteiger partial charge in [0.2, 0.25) is 10.0 Å². The molecule has 3 heterocycles. The number of anilines is 1. The van der Waals surface area contributed by atoms with Gasteiger partial charge < -0.3 is 10.1 Å². The third-order valence-corrected chi connectivity index (χ3v) is 6.82. The molecule has 0 saturated carbocycles. The maximum absolute atomic E-state index is 12.7. The Hall–Kier alpha value is -3.31. The van der Waals surface area contributed by atoms with Gasteiger partial charge in [-0.1, -0.05) is 6.07 Å². The molecule has 1 saturated heterocycles. The number of ether oxygens (including phenoxy) is 1. The zero-order chi connectivity index (χ0) is 22.0. The van der Waals surface area contributed by atoms with Gasteiger partial charge in [0.05, 0.1) is 10.6 Å². The maximum Gasteiger partial charge on any atom is 0.344 e. The molecule has 0 bridgehead atoms. The number of nitrogens with one attached hydrogen (secondary N) is 1. The molecule has 1 aliphatic heterocycles. The summed E-state index contributed by atoms with van der Waals surface area (Å²) in [7, 11) is -3.60. The van der Waals surface area contributed by atoms with Gasteiger partial charge >= 0.3 is 5.97 Å². The van der Waals surface area contributed by atoms with Crippen molar-refractivity contribution in [3.8, 4) is 0 Å². The first kappa shape index (κ1) is 20.9. The average Bonchev–Trinajstić information content (AvgIpc) is 3.40. The molecular weight excluding hydrogens is 422 g/mol. The molecule has 11 heteroatoms. The number of amides is 1. The molecule has 4 rings (SSSR count). The molecule has 10 nitrogen and oxygen atoms in total. The summed E-state index contributed by atoms with van der Waals surface area (Å²) in [6.07, 6.45) is 4.86. The topological polar surface area (TPSA) is 123 Å². The smallest absolute Gasteiger partial charge is 0.344 e. The number of rotatable bonds is 6. The van der Waals surface area contributed by atoms with Crippen LogP contribution in [0.5, 0.6) is 0 Å². The van der Waals surface area contributed by atoms with Crippen LogP contribution in [0.15, 0.2) is 47.6 Å². The van der Waals surface area contributed by atoms with Gasteiger partial charge in [-0.3, -0.25) is 4.79 Å². The highest BCUT2D eigenvalue weighted by Crippen LogP contribution is 2.23. The van der Waals surface area contributed by atoms with E-state index in [9.17, 15) is 18.0 Å². The first-order chi connectivity index (χ1) is 14.9. The van der Waals surface area contributed by atoms with Crippen molar-refractivity contribution in [2.75, 3.05) is 25.0 Å². The van der Waals surface area contributed by atoms with E-state index in [4.69, 9.17) is 4.74 Å². The number of fused-ring (bicyclic) bond motifs is 1. The minimum Gasteiger partial charge on any atom is -0.452 e. The molecule has 0 spiro atoms. The van der Waals surface area contributed by atoms with Gasteiger partial charge in [-0.2, -0.15) is 9.40 Å². The Bertz CT molecular complexity index is 1250. The second-order valence-electron chi connectivity index (χ2n) is 7.11. The number of aryl methyl sites for hydroxylation is 1. The number of aromatic nitrogens is 3. The van der Waals surface area contributed by atoms with Crippen LogP contribution in [0.2, 0.25) is 0 Å². The summed E-state index contributed by atoms with van der Waals surface area (Å²) in [5.74, 6) is -1.31.